The maximum absolute atomic E-state index is 11.6. The molecule has 1 rings (SSSR count). The topological polar surface area (TPSA) is 23.1 Å². The molecule has 0 aromatic heterocycles. The average Bonchev–Trinajstić information content (AvgIpc) is 1.92. The van der Waals surface area contributed by atoms with Crippen LogP contribution in [0, 0.1) is 10.6 Å². The summed E-state index contributed by atoms with van der Waals surface area (Å²) in [5.74, 6) is 0. The van der Waals surface area contributed by atoms with Crippen molar-refractivity contribution in [2.75, 3.05) is 20.1 Å². The highest BCUT2D eigenvalue weighted by Gasteiger charge is 2.25. The van der Waals surface area contributed by atoms with E-state index in [1.54, 1.807) is 7.05 Å². The van der Waals surface area contributed by atoms with Crippen LogP contribution in [0.5, 0.6) is 0 Å². The molecule has 0 N–H and O–H groups in total. The van der Waals surface area contributed by atoms with Gasteiger partial charge in [-0.3, -0.25) is 0 Å². The van der Waals surface area contributed by atoms with Crippen LogP contribution in [0.25, 0.3) is 0 Å². The molecule has 1 fully saturated rings. The van der Waals surface area contributed by atoms with Gasteiger partial charge < -0.3 is 9.85 Å². The molecule has 0 saturated carbocycles. The van der Waals surface area contributed by atoms with E-state index in [0.29, 0.717) is 5.41 Å². The lowest BCUT2D eigenvalue weighted by Gasteiger charge is -2.37. The molecular weight excluding hydrogens is 138 g/mol. The first-order valence-corrected chi connectivity index (χ1v) is 4.47. The Balaban J connectivity index is 2.53. The molecule has 0 amide bonds. The van der Waals surface area contributed by atoms with E-state index in [2.05, 4.69) is 13.8 Å². The summed E-state index contributed by atoms with van der Waals surface area (Å²) >= 11 is 0. The van der Waals surface area contributed by atoms with E-state index >= 15 is 0 Å². The molecule has 1 heterocycles. The Morgan fingerprint density at radius 1 is 1.18 bits per heavy atom. The molecule has 1 saturated heterocycles. The van der Waals surface area contributed by atoms with Gasteiger partial charge in [0.2, 0.25) is 0 Å². The molecule has 0 radical (unpaired) electrons. The standard InChI is InChI=1S/C9H19NO/c1-9(2)5-4-7-10(3,11)8-6-9/h4-8H2,1-3H3. The van der Waals surface area contributed by atoms with Crippen molar-refractivity contribution in [2.45, 2.75) is 33.1 Å². The summed E-state index contributed by atoms with van der Waals surface area (Å²) in [6, 6.07) is 0. The van der Waals surface area contributed by atoms with Crippen LogP contribution in [0.3, 0.4) is 0 Å². The van der Waals surface area contributed by atoms with Crippen molar-refractivity contribution in [3.05, 3.63) is 5.21 Å². The number of likely N-dealkylation sites (tertiary alicyclic amines) is 1. The molecule has 0 aliphatic carbocycles. The van der Waals surface area contributed by atoms with Gasteiger partial charge in [-0.25, -0.2) is 0 Å². The van der Waals surface area contributed by atoms with Gasteiger partial charge >= 0.3 is 0 Å². The normalized spacial score (nSPS) is 38.2. The van der Waals surface area contributed by atoms with E-state index in [4.69, 9.17) is 0 Å². The molecule has 0 aromatic rings. The quantitative estimate of drug-likeness (QED) is 0.390. The van der Waals surface area contributed by atoms with Crippen LogP contribution in [0.15, 0.2) is 0 Å². The first-order valence-electron chi connectivity index (χ1n) is 4.47. The van der Waals surface area contributed by atoms with Crippen LogP contribution >= 0.6 is 0 Å². The largest absolute Gasteiger partial charge is 0.633 e. The van der Waals surface area contributed by atoms with E-state index < -0.39 is 0 Å². The minimum Gasteiger partial charge on any atom is -0.633 e. The van der Waals surface area contributed by atoms with E-state index in [-0.39, 0.29) is 4.65 Å². The SMILES string of the molecule is CC1(C)CCC[N+](C)([O-])CC1. The van der Waals surface area contributed by atoms with Crippen molar-refractivity contribution >= 4 is 0 Å². The molecule has 66 valence electrons. The molecule has 0 aromatic carbocycles. The van der Waals surface area contributed by atoms with Crippen LogP contribution in [0.1, 0.15) is 33.1 Å². The third kappa shape index (κ3) is 2.80. The Bertz CT molecular complexity index is 124. The fourth-order valence-corrected chi connectivity index (χ4v) is 1.67. The number of nitrogens with zero attached hydrogens (tertiary/aromatic N) is 1. The lowest BCUT2D eigenvalue weighted by Crippen LogP contribution is -2.38. The second-order valence-corrected chi connectivity index (χ2v) is 4.76. The molecule has 1 unspecified atom stereocenters. The maximum Gasteiger partial charge on any atom is 0.0787 e. The van der Waals surface area contributed by atoms with E-state index in [0.717, 1.165) is 25.9 Å². The van der Waals surface area contributed by atoms with Gasteiger partial charge in [-0.2, -0.15) is 0 Å². The zero-order valence-electron chi connectivity index (χ0n) is 7.89. The molecular formula is C9H19NO. The fraction of sp³-hybridized carbons (Fsp3) is 1.00. The Kier molecular flexibility index (Phi) is 2.26. The van der Waals surface area contributed by atoms with Crippen LogP contribution < -0.4 is 0 Å². The highest BCUT2D eigenvalue weighted by Crippen LogP contribution is 2.31. The summed E-state index contributed by atoms with van der Waals surface area (Å²) in [4.78, 5) is 0. The first kappa shape index (κ1) is 9.01. The summed E-state index contributed by atoms with van der Waals surface area (Å²) in [7, 11) is 1.79. The molecule has 0 bridgehead atoms. The second-order valence-electron chi connectivity index (χ2n) is 4.76. The Morgan fingerprint density at radius 2 is 1.82 bits per heavy atom. The lowest BCUT2D eigenvalue weighted by molar-refractivity contribution is -0.860. The first-order chi connectivity index (χ1) is 4.91. The number of quaternary nitrogens is 1. The van der Waals surface area contributed by atoms with Crippen molar-refractivity contribution in [1.82, 2.24) is 0 Å². The molecule has 11 heavy (non-hydrogen) atoms. The molecule has 1 aliphatic heterocycles. The van der Waals surface area contributed by atoms with Gasteiger partial charge in [-0.05, 0) is 18.3 Å². The van der Waals surface area contributed by atoms with Gasteiger partial charge in [0.25, 0.3) is 0 Å². The summed E-state index contributed by atoms with van der Waals surface area (Å²) in [5.41, 5.74) is 0.403. The van der Waals surface area contributed by atoms with Crippen LogP contribution in [0.4, 0.5) is 0 Å². The predicted octanol–water partition coefficient (Wildman–Crippen LogP) is 2.14. The Morgan fingerprint density at radius 3 is 2.45 bits per heavy atom. The Hall–Kier alpha value is -0.0800. The van der Waals surface area contributed by atoms with Crippen LogP contribution in [-0.2, 0) is 0 Å². The second kappa shape index (κ2) is 2.76. The van der Waals surface area contributed by atoms with Gasteiger partial charge in [0.05, 0.1) is 20.1 Å². The zero-order valence-corrected chi connectivity index (χ0v) is 7.89. The van der Waals surface area contributed by atoms with Crippen molar-refractivity contribution in [1.29, 1.82) is 0 Å². The summed E-state index contributed by atoms with van der Waals surface area (Å²) in [5, 5.41) is 11.6. The van der Waals surface area contributed by atoms with E-state index in [9.17, 15) is 5.21 Å². The molecule has 0 spiro atoms. The molecule has 2 heteroatoms. The smallest absolute Gasteiger partial charge is 0.0787 e. The van der Waals surface area contributed by atoms with Gasteiger partial charge in [0.1, 0.15) is 0 Å². The molecule has 1 atom stereocenters. The van der Waals surface area contributed by atoms with E-state index in [1.807, 2.05) is 0 Å². The number of hydrogen-bond acceptors (Lipinski definition) is 1. The number of hydroxylamine groups is 3. The van der Waals surface area contributed by atoms with Crippen LogP contribution in [0.2, 0.25) is 0 Å². The van der Waals surface area contributed by atoms with Gasteiger partial charge in [-0.15, -0.1) is 0 Å². The monoisotopic (exact) mass is 157 g/mol. The summed E-state index contributed by atoms with van der Waals surface area (Å²) in [6.45, 7) is 6.13. The highest BCUT2D eigenvalue weighted by molar-refractivity contribution is 4.71. The molecule has 2 nitrogen and oxygen atoms in total. The average molecular weight is 157 g/mol. The number of rotatable bonds is 0. The van der Waals surface area contributed by atoms with Crippen molar-refractivity contribution in [2.24, 2.45) is 5.41 Å². The van der Waals surface area contributed by atoms with Gasteiger partial charge in [-0.1, -0.05) is 13.8 Å². The summed E-state index contributed by atoms with van der Waals surface area (Å²) < 4.78 is -0.0244. The van der Waals surface area contributed by atoms with Gasteiger partial charge in [0, 0.05) is 6.42 Å². The summed E-state index contributed by atoms with van der Waals surface area (Å²) in [6.07, 6.45) is 3.38. The molecule has 1 aliphatic rings. The van der Waals surface area contributed by atoms with Gasteiger partial charge in [0.15, 0.2) is 0 Å². The van der Waals surface area contributed by atoms with Crippen LogP contribution in [-0.4, -0.2) is 24.8 Å². The third-order valence-corrected chi connectivity index (χ3v) is 2.75. The van der Waals surface area contributed by atoms with Crippen molar-refractivity contribution in [3.8, 4) is 0 Å². The third-order valence-electron chi connectivity index (χ3n) is 2.75. The Labute approximate surface area is 69.4 Å². The maximum atomic E-state index is 11.6. The van der Waals surface area contributed by atoms with Crippen molar-refractivity contribution in [3.63, 3.8) is 0 Å². The minimum absolute atomic E-state index is 0.0244. The predicted molar refractivity (Wildman–Crippen MR) is 46.9 cm³/mol. The minimum atomic E-state index is -0.0244. The number of hydrogen-bond donors (Lipinski definition) is 0. The zero-order chi connectivity index (χ0) is 8.54. The highest BCUT2D eigenvalue weighted by atomic mass is 16.5. The van der Waals surface area contributed by atoms with Crippen molar-refractivity contribution < 1.29 is 4.65 Å². The fourth-order valence-electron chi connectivity index (χ4n) is 1.67. The van der Waals surface area contributed by atoms with E-state index in [1.165, 1.54) is 6.42 Å². The lowest BCUT2D eigenvalue weighted by atomic mass is 9.85.